The van der Waals surface area contributed by atoms with E-state index < -0.39 is 0 Å². The summed E-state index contributed by atoms with van der Waals surface area (Å²) in [7, 11) is 0. The zero-order valence-electron chi connectivity index (χ0n) is 5.44. The largest absolute Gasteiger partial charge is 0.237 e. The molecule has 8 heavy (non-hydrogen) atoms. The van der Waals surface area contributed by atoms with Crippen molar-refractivity contribution in [2.75, 3.05) is 13.2 Å². The minimum absolute atomic E-state index is 0.494. The first-order valence-corrected chi connectivity index (χ1v) is 2.66. The second-order valence-electron chi connectivity index (χ2n) is 1.63. The van der Waals surface area contributed by atoms with Gasteiger partial charge in [0.05, 0.1) is 6.61 Å². The molecule has 0 fully saturated rings. The Labute approximate surface area is 50.0 Å². The Kier molecular flexibility index (Phi) is 4.61. The maximum atomic E-state index is 4.64. The fourth-order valence-electron chi connectivity index (χ4n) is 0.226. The third kappa shape index (κ3) is 5.66. The van der Waals surface area contributed by atoms with Crippen molar-refractivity contribution in [2.45, 2.75) is 13.8 Å². The minimum Gasteiger partial charge on any atom is -0.237 e. The third-order valence-electron chi connectivity index (χ3n) is 0.507. The van der Waals surface area contributed by atoms with Gasteiger partial charge in [0.25, 0.3) is 0 Å². The SMILES string of the molecule is C=C(C)COOCC. The van der Waals surface area contributed by atoms with Crippen molar-refractivity contribution in [3.63, 3.8) is 0 Å². The average molecular weight is 116 g/mol. The monoisotopic (exact) mass is 116 g/mol. The van der Waals surface area contributed by atoms with Gasteiger partial charge in [-0.05, 0) is 13.8 Å². The summed E-state index contributed by atoms with van der Waals surface area (Å²) in [6, 6.07) is 0. The molecule has 0 aromatic rings. The first kappa shape index (κ1) is 7.66. The van der Waals surface area contributed by atoms with E-state index in [0.717, 1.165) is 5.57 Å². The van der Waals surface area contributed by atoms with Crippen molar-refractivity contribution in [3.05, 3.63) is 12.2 Å². The highest BCUT2D eigenvalue weighted by Gasteiger charge is 1.83. The van der Waals surface area contributed by atoms with Crippen LogP contribution in [0.1, 0.15) is 13.8 Å². The van der Waals surface area contributed by atoms with Crippen LogP contribution in [-0.2, 0) is 9.78 Å². The van der Waals surface area contributed by atoms with E-state index in [4.69, 9.17) is 0 Å². The van der Waals surface area contributed by atoms with Crippen LogP contribution in [0.2, 0.25) is 0 Å². The van der Waals surface area contributed by atoms with E-state index in [9.17, 15) is 0 Å². The van der Waals surface area contributed by atoms with Gasteiger partial charge >= 0.3 is 0 Å². The van der Waals surface area contributed by atoms with E-state index in [0.29, 0.717) is 13.2 Å². The molecule has 2 heteroatoms. The molecular formula is C6H12O2. The smallest absolute Gasteiger partial charge is 0.103 e. The zero-order chi connectivity index (χ0) is 6.41. The fraction of sp³-hybridized carbons (Fsp3) is 0.667. The van der Waals surface area contributed by atoms with Crippen molar-refractivity contribution in [1.29, 1.82) is 0 Å². The lowest BCUT2D eigenvalue weighted by Crippen LogP contribution is -1.95. The molecule has 0 heterocycles. The summed E-state index contributed by atoms with van der Waals surface area (Å²) in [4.78, 5) is 9.23. The van der Waals surface area contributed by atoms with Crippen LogP contribution in [0.5, 0.6) is 0 Å². The van der Waals surface area contributed by atoms with Crippen molar-refractivity contribution in [3.8, 4) is 0 Å². The van der Waals surface area contributed by atoms with Gasteiger partial charge in [0.1, 0.15) is 6.61 Å². The summed E-state index contributed by atoms with van der Waals surface area (Å²) in [6.45, 7) is 8.47. The molecule has 0 bridgehead atoms. The lowest BCUT2D eigenvalue weighted by atomic mass is 10.4. The highest BCUT2D eigenvalue weighted by atomic mass is 17.2. The first-order chi connectivity index (χ1) is 3.77. The standard InChI is InChI=1S/C6H12O2/c1-4-7-8-5-6(2)3/h2,4-5H2,1,3H3. The van der Waals surface area contributed by atoms with Crippen LogP contribution in [0.15, 0.2) is 12.2 Å². The Hall–Kier alpha value is -0.340. The van der Waals surface area contributed by atoms with Crippen LogP contribution >= 0.6 is 0 Å². The number of hydrogen-bond acceptors (Lipinski definition) is 2. The molecule has 2 nitrogen and oxygen atoms in total. The van der Waals surface area contributed by atoms with Crippen molar-refractivity contribution in [1.82, 2.24) is 0 Å². The molecule has 0 amide bonds. The third-order valence-corrected chi connectivity index (χ3v) is 0.507. The molecular weight excluding hydrogens is 104 g/mol. The number of hydrogen-bond donors (Lipinski definition) is 0. The number of rotatable bonds is 4. The van der Waals surface area contributed by atoms with E-state index >= 15 is 0 Å². The second kappa shape index (κ2) is 4.81. The summed E-state index contributed by atoms with van der Waals surface area (Å²) >= 11 is 0. The molecule has 0 aromatic heterocycles. The van der Waals surface area contributed by atoms with Crippen molar-refractivity contribution >= 4 is 0 Å². The van der Waals surface area contributed by atoms with Gasteiger partial charge in [-0.25, -0.2) is 9.78 Å². The molecule has 0 aliphatic rings. The minimum atomic E-state index is 0.494. The van der Waals surface area contributed by atoms with Gasteiger partial charge in [0.15, 0.2) is 0 Å². The van der Waals surface area contributed by atoms with Gasteiger partial charge in [0, 0.05) is 0 Å². The van der Waals surface area contributed by atoms with Crippen molar-refractivity contribution in [2.24, 2.45) is 0 Å². The van der Waals surface area contributed by atoms with Gasteiger partial charge in [0.2, 0.25) is 0 Å². The van der Waals surface area contributed by atoms with E-state index in [2.05, 4.69) is 16.4 Å². The van der Waals surface area contributed by atoms with Crippen LogP contribution < -0.4 is 0 Å². The van der Waals surface area contributed by atoms with Crippen LogP contribution in [0.25, 0.3) is 0 Å². The Morgan fingerprint density at radius 1 is 1.50 bits per heavy atom. The fourth-order valence-corrected chi connectivity index (χ4v) is 0.226. The summed E-state index contributed by atoms with van der Waals surface area (Å²) in [5.41, 5.74) is 0.971. The molecule has 0 aromatic carbocycles. The molecule has 48 valence electrons. The van der Waals surface area contributed by atoms with Crippen molar-refractivity contribution < 1.29 is 9.78 Å². The quantitative estimate of drug-likeness (QED) is 0.240. The van der Waals surface area contributed by atoms with Gasteiger partial charge in [-0.15, -0.1) is 0 Å². The zero-order valence-corrected chi connectivity index (χ0v) is 5.44. The first-order valence-electron chi connectivity index (χ1n) is 2.66. The molecule has 0 aliphatic heterocycles. The van der Waals surface area contributed by atoms with Gasteiger partial charge in [-0.2, -0.15) is 0 Å². The van der Waals surface area contributed by atoms with Gasteiger partial charge in [-0.3, -0.25) is 0 Å². The van der Waals surface area contributed by atoms with Gasteiger partial charge in [-0.1, -0.05) is 12.2 Å². The van der Waals surface area contributed by atoms with Crippen LogP contribution in [0.3, 0.4) is 0 Å². The molecule has 0 aliphatic carbocycles. The van der Waals surface area contributed by atoms with E-state index in [-0.39, 0.29) is 0 Å². The summed E-state index contributed by atoms with van der Waals surface area (Å²) in [5.74, 6) is 0. The lowest BCUT2D eigenvalue weighted by molar-refractivity contribution is -0.284. The predicted octanol–water partition coefficient (Wildman–Crippen LogP) is 1.53. The normalized spacial score (nSPS) is 9.25. The van der Waals surface area contributed by atoms with E-state index in [1.807, 2.05) is 13.8 Å². The Balaban J connectivity index is 2.82. The maximum absolute atomic E-state index is 4.64. The molecule has 0 spiro atoms. The van der Waals surface area contributed by atoms with E-state index in [1.54, 1.807) is 0 Å². The van der Waals surface area contributed by atoms with Crippen LogP contribution in [0, 0.1) is 0 Å². The summed E-state index contributed by atoms with van der Waals surface area (Å²) < 4.78 is 0. The molecule has 0 N–H and O–H groups in total. The predicted molar refractivity (Wildman–Crippen MR) is 32.4 cm³/mol. The van der Waals surface area contributed by atoms with Crippen LogP contribution in [0.4, 0.5) is 0 Å². The molecule has 0 saturated heterocycles. The Morgan fingerprint density at radius 3 is 2.50 bits per heavy atom. The highest BCUT2D eigenvalue weighted by molar-refractivity contribution is 4.86. The molecule has 0 radical (unpaired) electrons. The molecule has 0 saturated carbocycles. The van der Waals surface area contributed by atoms with E-state index in [1.165, 1.54) is 0 Å². The lowest BCUT2D eigenvalue weighted by Gasteiger charge is -1.98. The maximum Gasteiger partial charge on any atom is 0.103 e. The molecule has 0 rings (SSSR count). The Bertz CT molecular complexity index is 68.9. The second-order valence-corrected chi connectivity index (χ2v) is 1.63. The van der Waals surface area contributed by atoms with Crippen LogP contribution in [-0.4, -0.2) is 13.2 Å². The molecule has 0 unspecified atom stereocenters. The summed E-state index contributed by atoms with van der Waals surface area (Å²) in [5, 5.41) is 0. The highest BCUT2D eigenvalue weighted by Crippen LogP contribution is 1.87. The summed E-state index contributed by atoms with van der Waals surface area (Å²) in [6.07, 6.45) is 0. The van der Waals surface area contributed by atoms with Gasteiger partial charge < -0.3 is 0 Å². The molecule has 0 atom stereocenters. The Morgan fingerprint density at radius 2 is 2.12 bits per heavy atom. The average Bonchev–Trinajstić information content (AvgIpc) is 1.66. The topological polar surface area (TPSA) is 18.5 Å².